The molecule has 2 fully saturated rings. The lowest BCUT2D eigenvalue weighted by atomic mass is 10.0. The third-order valence-electron chi connectivity index (χ3n) is 3.77. The van der Waals surface area contributed by atoms with Crippen molar-refractivity contribution in [3.05, 3.63) is 0 Å². The second-order valence-corrected chi connectivity index (χ2v) is 7.56. The zero-order valence-electron chi connectivity index (χ0n) is 11.1. The van der Waals surface area contributed by atoms with Crippen LogP contribution >= 0.6 is 0 Å². The summed E-state index contributed by atoms with van der Waals surface area (Å²) < 4.78 is 32.1. The molecule has 106 valence electrons. The fourth-order valence-corrected chi connectivity index (χ4v) is 4.25. The first-order valence-electron chi connectivity index (χ1n) is 6.82. The molecule has 0 aliphatic carbocycles. The topological polar surface area (TPSA) is 67.4 Å². The van der Waals surface area contributed by atoms with Gasteiger partial charge in [0.2, 0.25) is 10.0 Å². The maximum absolute atomic E-state index is 12.0. The Hall–Kier alpha value is -0.170. The molecular weight excluding hydrogens is 252 g/mol. The van der Waals surface area contributed by atoms with E-state index in [4.69, 9.17) is 4.74 Å². The van der Waals surface area contributed by atoms with Crippen LogP contribution in [0.25, 0.3) is 0 Å². The highest BCUT2D eigenvalue weighted by Crippen LogP contribution is 2.19. The van der Waals surface area contributed by atoms with Crippen LogP contribution in [-0.4, -0.2) is 45.5 Å². The summed E-state index contributed by atoms with van der Waals surface area (Å²) in [5.74, 6) is 0.209. The Morgan fingerprint density at radius 1 is 1.44 bits per heavy atom. The predicted molar refractivity (Wildman–Crippen MR) is 71.0 cm³/mol. The van der Waals surface area contributed by atoms with Crippen molar-refractivity contribution in [2.75, 3.05) is 25.5 Å². The van der Waals surface area contributed by atoms with Crippen molar-refractivity contribution in [2.24, 2.45) is 0 Å². The number of rotatable bonds is 5. The lowest BCUT2D eigenvalue weighted by Crippen LogP contribution is -2.48. The Balaban J connectivity index is 1.79. The van der Waals surface area contributed by atoms with Gasteiger partial charge in [-0.15, -0.1) is 0 Å². The van der Waals surface area contributed by atoms with E-state index in [1.165, 1.54) is 12.8 Å². The minimum absolute atomic E-state index is 0.209. The fourth-order valence-electron chi connectivity index (χ4n) is 2.64. The number of hydrogen-bond acceptors (Lipinski definition) is 4. The van der Waals surface area contributed by atoms with Crippen molar-refractivity contribution in [1.82, 2.24) is 10.0 Å². The molecule has 2 saturated heterocycles. The predicted octanol–water partition coefficient (Wildman–Crippen LogP) is 0.617. The molecule has 0 amide bonds. The Bertz CT molecular complexity index is 358. The molecule has 0 bridgehead atoms. The van der Waals surface area contributed by atoms with Gasteiger partial charge in [-0.25, -0.2) is 13.1 Å². The van der Waals surface area contributed by atoms with Gasteiger partial charge in [0.05, 0.1) is 17.9 Å². The zero-order chi connectivity index (χ0) is 13.1. The molecule has 2 aliphatic heterocycles. The van der Waals surface area contributed by atoms with E-state index < -0.39 is 15.6 Å². The normalized spacial score (nSPS) is 33.7. The van der Waals surface area contributed by atoms with Crippen LogP contribution in [0.2, 0.25) is 0 Å². The van der Waals surface area contributed by atoms with Gasteiger partial charge in [0.15, 0.2) is 0 Å². The molecule has 18 heavy (non-hydrogen) atoms. The Morgan fingerprint density at radius 3 is 2.89 bits per heavy atom. The smallest absolute Gasteiger partial charge is 0.212 e. The highest BCUT2D eigenvalue weighted by Gasteiger charge is 2.33. The SMILES string of the molecule is CC1(NS(=O)(=O)CCC2CCCCN2)CCOC1. The lowest BCUT2D eigenvalue weighted by molar-refractivity contribution is 0.178. The molecule has 5 nitrogen and oxygen atoms in total. The largest absolute Gasteiger partial charge is 0.379 e. The Kier molecular flexibility index (Phi) is 4.64. The van der Waals surface area contributed by atoms with E-state index in [-0.39, 0.29) is 5.75 Å². The summed E-state index contributed by atoms with van der Waals surface area (Å²) in [6, 6.07) is 0.364. The van der Waals surface area contributed by atoms with Crippen molar-refractivity contribution >= 4 is 10.0 Å². The van der Waals surface area contributed by atoms with Gasteiger partial charge in [0.25, 0.3) is 0 Å². The van der Waals surface area contributed by atoms with Gasteiger partial charge in [-0.3, -0.25) is 0 Å². The number of sulfonamides is 1. The zero-order valence-corrected chi connectivity index (χ0v) is 11.9. The van der Waals surface area contributed by atoms with Crippen molar-refractivity contribution < 1.29 is 13.2 Å². The Morgan fingerprint density at radius 2 is 2.28 bits per heavy atom. The van der Waals surface area contributed by atoms with E-state index in [2.05, 4.69) is 10.0 Å². The second kappa shape index (κ2) is 5.86. The van der Waals surface area contributed by atoms with Gasteiger partial charge in [-0.1, -0.05) is 6.42 Å². The molecule has 0 radical (unpaired) electrons. The molecule has 2 aliphatic rings. The third kappa shape index (κ3) is 4.19. The first-order chi connectivity index (χ1) is 8.49. The summed E-state index contributed by atoms with van der Waals surface area (Å²) in [6.07, 6.45) is 4.96. The molecule has 2 rings (SSSR count). The number of hydrogen-bond donors (Lipinski definition) is 2. The van der Waals surface area contributed by atoms with Gasteiger partial charge in [-0.05, 0) is 39.2 Å². The lowest BCUT2D eigenvalue weighted by Gasteiger charge is -2.26. The van der Waals surface area contributed by atoms with E-state index in [1.54, 1.807) is 0 Å². The molecular formula is C12H24N2O3S. The molecule has 2 atom stereocenters. The number of nitrogens with one attached hydrogen (secondary N) is 2. The van der Waals surface area contributed by atoms with Crippen molar-refractivity contribution in [3.63, 3.8) is 0 Å². The summed E-state index contributed by atoms with van der Waals surface area (Å²) in [5, 5.41) is 3.38. The molecule has 0 aromatic carbocycles. The maximum atomic E-state index is 12.0. The van der Waals surface area contributed by atoms with Crippen LogP contribution in [-0.2, 0) is 14.8 Å². The average molecular weight is 276 g/mol. The van der Waals surface area contributed by atoms with E-state index in [0.29, 0.717) is 25.7 Å². The van der Waals surface area contributed by atoms with Gasteiger partial charge in [0, 0.05) is 12.6 Å². The minimum Gasteiger partial charge on any atom is -0.379 e. The highest BCUT2D eigenvalue weighted by molar-refractivity contribution is 7.89. The molecule has 0 aromatic rings. The van der Waals surface area contributed by atoms with E-state index in [1.807, 2.05) is 6.92 Å². The fraction of sp³-hybridized carbons (Fsp3) is 1.00. The quantitative estimate of drug-likeness (QED) is 0.772. The first-order valence-corrected chi connectivity index (χ1v) is 8.47. The average Bonchev–Trinajstić information content (AvgIpc) is 2.74. The number of ether oxygens (including phenoxy) is 1. The molecule has 2 heterocycles. The highest BCUT2D eigenvalue weighted by atomic mass is 32.2. The minimum atomic E-state index is -3.19. The van der Waals surface area contributed by atoms with Gasteiger partial charge in [-0.2, -0.15) is 0 Å². The van der Waals surface area contributed by atoms with Gasteiger partial charge < -0.3 is 10.1 Å². The maximum Gasteiger partial charge on any atom is 0.212 e. The monoisotopic (exact) mass is 276 g/mol. The second-order valence-electron chi connectivity index (χ2n) is 5.72. The molecule has 2 N–H and O–H groups in total. The van der Waals surface area contributed by atoms with Crippen LogP contribution in [0, 0.1) is 0 Å². The van der Waals surface area contributed by atoms with Crippen LogP contribution in [0.4, 0.5) is 0 Å². The van der Waals surface area contributed by atoms with E-state index >= 15 is 0 Å². The summed E-state index contributed by atoms with van der Waals surface area (Å²) in [4.78, 5) is 0. The third-order valence-corrected chi connectivity index (χ3v) is 5.35. The van der Waals surface area contributed by atoms with Crippen molar-refractivity contribution in [1.29, 1.82) is 0 Å². The summed E-state index contributed by atoms with van der Waals surface area (Å²) in [7, 11) is -3.19. The first kappa shape index (κ1) is 14.2. The van der Waals surface area contributed by atoms with Gasteiger partial charge in [0.1, 0.15) is 0 Å². The summed E-state index contributed by atoms with van der Waals surface area (Å²) in [6.45, 7) is 4.05. The molecule has 0 spiro atoms. The van der Waals surface area contributed by atoms with E-state index in [9.17, 15) is 8.42 Å². The summed E-state index contributed by atoms with van der Waals surface area (Å²) in [5.41, 5.74) is -0.404. The van der Waals surface area contributed by atoms with Crippen molar-refractivity contribution in [2.45, 2.75) is 50.6 Å². The van der Waals surface area contributed by atoms with Crippen LogP contribution < -0.4 is 10.0 Å². The standard InChI is InChI=1S/C12H24N2O3S/c1-12(6-8-17-10-12)14-18(15,16)9-5-11-4-2-3-7-13-11/h11,13-14H,2-10H2,1H3. The molecule has 2 unspecified atom stereocenters. The van der Waals surface area contributed by atoms with Crippen molar-refractivity contribution in [3.8, 4) is 0 Å². The number of piperidine rings is 1. The van der Waals surface area contributed by atoms with Crippen LogP contribution in [0.15, 0.2) is 0 Å². The van der Waals surface area contributed by atoms with E-state index in [0.717, 1.165) is 19.4 Å². The van der Waals surface area contributed by atoms with Gasteiger partial charge >= 0.3 is 0 Å². The summed E-state index contributed by atoms with van der Waals surface area (Å²) >= 11 is 0. The molecule has 0 aromatic heterocycles. The van der Waals surface area contributed by atoms with Crippen LogP contribution in [0.1, 0.15) is 39.0 Å². The molecule has 0 saturated carbocycles. The Labute approximate surface area is 110 Å². The van der Waals surface area contributed by atoms with Crippen LogP contribution in [0.5, 0.6) is 0 Å². The van der Waals surface area contributed by atoms with Crippen LogP contribution in [0.3, 0.4) is 0 Å². The molecule has 6 heteroatoms.